The van der Waals surface area contributed by atoms with Crippen molar-refractivity contribution in [1.82, 2.24) is 0 Å². The van der Waals surface area contributed by atoms with E-state index in [4.69, 9.17) is 0 Å². The van der Waals surface area contributed by atoms with E-state index < -0.39 is 0 Å². The molecule has 0 saturated heterocycles. The second-order valence-corrected chi connectivity index (χ2v) is 4.24. The summed E-state index contributed by atoms with van der Waals surface area (Å²) in [7, 11) is 0. The van der Waals surface area contributed by atoms with Crippen LogP contribution < -0.4 is 0 Å². The molecule has 1 unspecified atom stereocenters. The molecule has 1 aromatic rings. The highest BCUT2D eigenvalue weighted by molar-refractivity contribution is 5.74. The van der Waals surface area contributed by atoms with E-state index in [1.807, 2.05) is 0 Å². The predicted molar refractivity (Wildman–Crippen MR) is 65.6 cm³/mol. The van der Waals surface area contributed by atoms with Gasteiger partial charge in [0, 0.05) is 5.92 Å². The highest BCUT2D eigenvalue weighted by atomic mass is 14.3. The minimum Gasteiger partial charge on any atom is -0.0874 e. The van der Waals surface area contributed by atoms with Crippen LogP contribution in [-0.2, 0) is 0 Å². The molecule has 0 spiro atoms. The van der Waals surface area contributed by atoms with Gasteiger partial charge in [0.05, 0.1) is 0 Å². The summed E-state index contributed by atoms with van der Waals surface area (Å²) in [4.78, 5) is 0. The zero-order valence-corrected chi connectivity index (χ0v) is 8.90. The molecule has 0 aromatic heterocycles. The quantitative estimate of drug-likeness (QED) is 0.629. The zero-order chi connectivity index (χ0) is 10.3. The van der Waals surface area contributed by atoms with Gasteiger partial charge in [-0.05, 0) is 35.6 Å². The molecule has 3 rings (SSSR count). The monoisotopic (exact) mass is 194 g/mol. The Hall–Kier alpha value is -1.56. The average molecular weight is 194 g/mol. The third-order valence-corrected chi connectivity index (χ3v) is 3.23. The Morgan fingerprint density at radius 3 is 3.00 bits per heavy atom. The van der Waals surface area contributed by atoms with Crippen molar-refractivity contribution in [1.29, 1.82) is 0 Å². The van der Waals surface area contributed by atoms with Crippen molar-refractivity contribution >= 4 is 12.2 Å². The molecule has 0 N–H and O–H groups in total. The van der Waals surface area contributed by atoms with Crippen LogP contribution in [0.5, 0.6) is 0 Å². The summed E-state index contributed by atoms with van der Waals surface area (Å²) in [6.45, 7) is 2.08. The van der Waals surface area contributed by atoms with Crippen LogP contribution in [0.1, 0.15) is 36.0 Å². The molecule has 0 bridgehead atoms. The lowest BCUT2D eigenvalue weighted by Crippen LogP contribution is -2.02. The average Bonchev–Trinajstić information content (AvgIpc) is 2.64. The smallest absolute Gasteiger partial charge is 0.00735 e. The first-order valence-corrected chi connectivity index (χ1v) is 5.53. The maximum absolute atomic E-state index is 2.34. The third-order valence-electron chi connectivity index (χ3n) is 3.23. The number of hydrogen-bond donors (Lipinski definition) is 0. The van der Waals surface area contributed by atoms with E-state index in [2.05, 4.69) is 55.5 Å². The number of rotatable bonds is 1. The largest absolute Gasteiger partial charge is 0.0874 e. The number of benzene rings is 1. The lowest BCUT2D eigenvalue weighted by Gasteiger charge is -2.20. The minimum atomic E-state index is 0.618. The van der Waals surface area contributed by atoms with Gasteiger partial charge in [0.25, 0.3) is 0 Å². The highest BCUT2D eigenvalue weighted by Gasteiger charge is 2.23. The maximum Gasteiger partial charge on any atom is 0.00735 e. The molecule has 74 valence electrons. The summed E-state index contributed by atoms with van der Waals surface area (Å²) in [5, 5.41) is 0. The Balaban J connectivity index is 2.17. The Morgan fingerprint density at radius 1 is 1.27 bits per heavy atom. The molecule has 0 heteroatoms. The summed E-state index contributed by atoms with van der Waals surface area (Å²) in [5.74, 6) is 0.618. The van der Waals surface area contributed by atoms with Gasteiger partial charge in [-0.25, -0.2) is 0 Å². The molecule has 0 radical (unpaired) electrons. The molecule has 0 amide bonds. The van der Waals surface area contributed by atoms with Gasteiger partial charge >= 0.3 is 0 Å². The molecule has 1 aromatic carbocycles. The fourth-order valence-electron chi connectivity index (χ4n) is 2.63. The van der Waals surface area contributed by atoms with Gasteiger partial charge < -0.3 is 0 Å². The van der Waals surface area contributed by atoms with E-state index >= 15 is 0 Å². The van der Waals surface area contributed by atoms with Gasteiger partial charge in [-0.3, -0.25) is 0 Å². The van der Waals surface area contributed by atoms with Crippen molar-refractivity contribution in [3.8, 4) is 0 Å². The molecule has 0 aliphatic heterocycles. The number of allylic oxidation sites excluding steroid dienone is 4. The van der Waals surface area contributed by atoms with Crippen LogP contribution in [0, 0.1) is 0 Å². The minimum absolute atomic E-state index is 0.618. The molecule has 0 nitrogen and oxygen atoms in total. The Bertz CT molecular complexity index is 487. The lowest BCUT2D eigenvalue weighted by atomic mass is 9.84. The fourth-order valence-corrected chi connectivity index (χ4v) is 2.63. The van der Waals surface area contributed by atoms with E-state index in [-0.39, 0.29) is 0 Å². The number of hydrogen-bond acceptors (Lipinski definition) is 0. The van der Waals surface area contributed by atoms with Crippen LogP contribution in [0.2, 0.25) is 0 Å². The van der Waals surface area contributed by atoms with E-state index in [9.17, 15) is 0 Å². The zero-order valence-electron chi connectivity index (χ0n) is 8.90. The van der Waals surface area contributed by atoms with Crippen LogP contribution in [0.4, 0.5) is 0 Å². The molecular formula is C15H14. The molecule has 0 heterocycles. The van der Waals surface area contributed by atoms with Crippen molar-refractivity contribution in [2.24, 2.45) is 0 Å². The summed E-state index contributed by atoms with van der Waals surface area (Å²) < 4.78 is 0. The van der Waals surface area contributed by atoms with Crippen molar-refractivity contribution in [3.05, 3.63) is 58.7 Å². The van der Waals surface area contributed by atoms with Crippen LogP contribution in [0.15, 0.2) is 42.0 Å². The van der Waals surface area contributed by atoms with Gasteiger partial charge in [-0.1, -0.05) is 48.6 Å². The van der Waals surface area contributed by atoms with E-state index in [1.54, 1.807) is 0 Å². The van der Waals surface area contributed by atoms with Crippen LogP contribution in [-0.4, -0.2) is 0 Å². The van der Waals surface area contributed by atoms with Crippen molar-refractivity contribution in [2.75, 3.05) is 0 Å². The summed E-state index contributed by atoms with van der Waals surface area (Å²) in [6.07, 6.45) is 12.4. The van der Waals surface area contributed by atoms with Crippen molar-refractivity contribution in [2.45, 2.75) is 19.3 Å². The Kier molecular flexibility index (Phi) is 1.88. The van der Waals surface area contributed by atoms with Gasteiger partial charge in [0.15, 0.2) is 0 Å². The third kappa shape index (κ3) is 1.29. The van der Waals surface area contributed by atoms with Gasteiger partial charge in [-0.15, -0.1) is 0 Å². The van der Waals surface area contributed by atoms with Gasteiger partial charge in [-0.2, -0.15) is 0 Å². The Morgan fingerprint density at radius 2 is 2.13 bits per heavy atom. The van der Waals surface area contributed by atoms with Crippen molar-refractivity contribution in [3.63, 3.8) is 0 Å². The van der Waals surface area contributed by atoms with Crippen LogP contribution >= 0.6 is 0 Å². The highest BCUT2D eigenvalue weighted by Crippen LogP contribution is 2.41. The normalized spacial score (nSPS) is 21.9. The second-order valence-electron chi connectivity index (χ2n) is 4.24. The van der Waals surface area contributed by atoms with E-state index in [1.165, 1.54) is 22.3 Å². The van der Waals surface area contributed by atoms with Crippen LogP contribution in [0.25, 0.3) is 12.2 Å². The van der Waals surface area contributed by atoms with E-state index in [0.717, 1.165) is 6.42 Å². The summed E-state index contributed by atoms with van der Waals surface area (Å²) in [5.41, 5.74) is 5.79. The summed E-state index contributed by atoms with van der Waals surface area (Å²) in [6, 6.07) is 6.58. The lowest BCUT2D eigenvalue weighted by molar-refractivity contribution is 0.842. The molecule has 2 aliphatic rings. The first-order chi connectivity index (χ1) is 7.38. The SMILES string of the molecule is CC=CC1=Cc2cccc3c2C(C=C3)C1. The second kappa shape index (κ2) is 3.23. The van der Waals surface area contributed by atoms with Gasteiger partial charge in [0.1, 0.15) is 0 Å². The molecular weight excluding hydrogens is 180 g/mol. The fraction of sp³-hybridized carbons (Fsp3) is 0.200. The Labute approximate surface area is 90.6 Å². The predicted octanol–water partition coefficient (Wildman–Crippen LogP) is 4.16. The van der Waals surface area contributed by atoms with E-state index in [0.29, 0.717) is 5.92 Å². The molecule has 0 fully saturated rings. The summed E-state index contributed by atoms with van der Waals surface area (Å²) >= 11 is 0. The molecule has 1 atom stereocenters. The van der Waals surface area contributed by atoms with Gasteiger partial charge in [0.2, 0.25) is 0 Å². The molecule has 0 saturated carbocycles. The maximum atomic E-state index is 2.34. The first-order valence-electron chi connectivity index (χ1n) is 5.53. The molecule has 2 aliphatic carbocycles. The van der Waals surface area contributed by atoms with Crippen molar-refractivity contribution < 1.29 is 0 Å². The standard InChI is InChI=1S/C15H14/c1-2-4-11-9-13-6-3-5-12-7-8-14(10-11)15(12)13/h2-9,14H,10H2,1H3. The van der Waals surface area contributed by atoms with Crippen LogP contribution in [0.3, 0.4) is 0 Å². The first kappa shape index (κ1) is 8.72. The molecule has 15 heavy (non-hydrogen) atoms. The topological polar surface area (TPSA) is 0 Å².